The van der Waals surface area contributed by atoms with Gasteiger partial charge in [0.2, 0.25) is 0 Å². The molecule has 0 spiro atoms. The normalized spacial score (nSPS) is 10.5. The van der Waals surface area contributed by atoms with Crippen molar-refractivity contribution in [3.63, 3.8) is 0 Å². The lowest BCUT2D eigenvalue weighted by atomic mass is 10.1. The third-order valence-electron chi connectivity index (χ3n) is 4.09. The van der Waals surface area contributed by atoms with Crippen LogP contribution in [-0.2, 0) is 0 Å². The van der Waals surface area contributed by atoms with E-state index in [4.69, 9.17) is 14.2 Å². The molecule has 0 radical (unpaired) electrons. The maximum absolute atomic E-state index is 12.8. The molecule has 1 N–H and O–H groups in total. The molecule has 3 rings (SSSR count). The number of rotatable bonds is 6. The van der Waals surface area contributed by atoms with Crippen molar-refractivity contribution in [2.75, 3.05) is 26.6 Å². The summed E-state index contributed by atoms with van der Waals surface area (Å²) in [5, 5.41) is 3.36. The molecule has 1 amide bonds. The number of hydrogen-bond donors (Lipinski definition) is 1. The van der Waals surface area contributed by atoms with Gasteiger partial charge in [-0.3, -0.25) is 10.1 Å². The molecule has 0 saturated heterocycles. The monoisotopic (exact) mass is 462 g/mol. The third-order valence-corrected chi connectivity index (χ3v) is 5.50. The highest BCUT2D eigenvalue weighted by molar-refractivity contribution is 9.10. The Hall–Kier alpha value is -2.58. The second-order valence-corrected chi connectivity index (χ2v) is 7.91. The van der Waals surface area contributed by atoms with Gasteiger partial charge in [-0.05, 0) is 19.1 Å². The summed E-state index contributed by atoms with van der Waals surface area (Å²) < 4.78 is 16.9. The maximum Gasteiger partial charge on any atom is 0.261 e. The topological polar surface area (TPSA) is 69.7 Å². The predicted octanol–water partition coefficient (Wildman–Crippen LogP) is 5.16. The molecule has 0 bridgehead atoms. The van der Waals surface area contributed by atoms with Gasteiger partial charge < -0.3 is 14.2 Å². The van der Waals surface area contributed by atoms with Gasteiger partial charge in [0.15, 0.2) is 16.6 Å². The fourth-order valence-corrected chi connectivity index (χ4v) is 3.79. The molecular weight excluding hydrogens is 444 g/mol. The fraction of sp³-hybridized carbons (Fsp3) is 0.200. The van der Waals surface area contributed by atoms with Gasteiger partial charge >= 0.3 is 0 Å². The van der Waals surface area contributed by atoms with Gasteiger partial charge in [0, 0.05) is 27.0 Å². The van der Waals surface area contributed by atoms with E-state index in [0.717, 1.165) is 20.6 Å². The summed E-state index contributed by atoms with van der Waals surface area (Å²) in [6.07, 6.45) is 0. The predicted molar refractivity (Wildman–Crippen MR) is 114 cm³/mol. The lowest BCUT2D eigenvalue weighted by Crippen LogP contribution is -2.13. The SMILES string of the molecule is COc1cc(OC)c(C(=O)Nc2nc(-c3ccc(Br)cc3)c(C)s2)cc1OC. The number of benzene rings is 2. The molecule has 2 aromatic carbocycles. The van der Waals surface area contributed by atoms with Crippen LogP contribution in [0.4, 0.5) is 5.13 Å². The molecule has 0 fully saturated rings. The van der Waals surface area contributed by atoms with Crippen LogP contribution in [-0.4, -0.2) is 32.2 Å². The van der Waals surface area contributed by atoms with Crippen molar-refractivity contribution < 1.29 is 19.0 Å². The second-order valence-electron chi connectivity index (χ2n) is 5.79. The molecule has 1 heterocycles. The molecule has 28 heavy (non-hydrogen) atoms. The van der Waals surface area contributed by atoms with Crippen LogP contribution in [0.15, 0.2) is 40.9 Å². The lowest BCUT2D eigenvalue weighted by molar-refractivity contribution is 0.102. The van der Waals surface area contributed by atoms with Crippen LogP contribution in [0.1, 0.15) is 15.2 Å². The Balaban J connectivity index is 1.89. The quantitative estimate of drug-likeness (QED) is 0.547. The molecule has 1 aromatic heterocycles. The van der Waals surface area contributed by atoms with Crippen LogP contribution < -0.4 is 19.5 Å². The van der Waals surface area contributed by atoms with E-state index in [9.17, 15) is 4.79 Å². The van der Waals surface area contributed by atoms with Gasteiger partial charge in [0.1, 0.15) is 5.75 Å². The number of aryl methyl sites for hydroxylation is 1. The van der Waals surface area contributed by atoms with Crippen molar-refractivity contribution in [3.05, 3.63) is 51.3 Å². The molecule has 3 aromatic rings. The number of methoxy groups -OCH3 is 3. The number of ether oxygens (including phenoxy) is 3. The number of thiazole rings is 1. The molecule has 0 atom stereocenters. The summed E-state index contributed by atoms with van der Waals surface area (Å²) in [7, 11) is 4.54. The Kier molecular flexibility index (Phi) is 6.21. The molecule has 146 valence electrons. The van der Waals surface area contributed by atoms with Crippen LogP contribution >= 0.6 is 27.3 Å². The highest BCUT2D eigenvalue weighted by Gasteiger charge is 2.19. The highest BCUT2D eigenvalue weighted by atomic mass is 79.9. The molecular formula is C20H19BrN2O4S. The zero-order valence-electron chi connectivity index (χ0n) is 15.8. The lowest BCUT2D eigenvalue weighted by Gasteiger charge is -2.13. The number of carbonyl (C=O) groups excluding carboxylic acids is 1. The third kappa shape index (κ3) is 4.13. The largest absolute Gasteiger partial charge is 0.496 e. The number of carbonyl (C=O) groups is 1. The van der Waals surface area contributed by atoms with E-state index in [2.05, 4.69) is 26.2 Å². The Morgan fingerprint density at radius 2 is 1.61 bits per heavy atom. The van der Waals surface area contributed by atoms with E-state index in [1.807, 2.05) is 31.2 Å². The smallest absolute Gasteiger partial charge is 0.261 e. The van der Waals surface area contributed by atoms with E-state index < -0.39 is 0 Å². The molecule has 8 heteroatoms. The number of nitrogens with zero attached hydrogens (tertiary/aromatic N) is 1. The summed E-state index contributed by atoms with van der Waals surface area (Å²) in [5.74, 6) is 0.975. The van der Waals surface area contributed by atoms with E-state index in [1.54, 1.807) is 12.1 Å². The standard InChI is InChI=1S/C20H19BrN2O4S/c1-11-18(12-5-7-13(21)8-6-12)22-20(28-11)23-19(24)14-9-16(26-3)17(27-4)10-15(14)25-2/h5-10H,1-4H3,(H,22,23,24). The van der Waals surface area contributed by atoms with Crippen LogP contribution in [0.5, 0.6) is 17.2 Å². The Bertz CT molecular complexity index is 1000. The first-order valence-corrected chi connectivity index (χ1v) is 9.92. The minimum atomic E-state index is -0.339. The summed E-state index contributed by atoms with van der Waals surface area (Å²) >= 11 is 4.85. The van der Waals surface area contributed by atoms with Crippen molar-refractivity contribution in [2.45, 2.75) is 6.92 Å². The molecule has 0 aliphatic heterocycles. The van der Waals surface area contributed by atoms with E-state index in [1.165, 1.54) is 32.7 Å². The Morgan fingerprint density at radius 1 is 1.00 bits per heavy atom. The van der Waals surface area contributed by atoms with Crippen molar-refractivity contribution in [2.24, 2.45) is 0 Å². The van der Waals surface area contributed by atoms with Gasteiger partial charge in [-0.2, -0.15) is 0 Å². The van der Waals surface area contributed by atoms with Gasteiger partial charge in [0.25, 0.3) is 5.91 Å². The average molecular weight is 463 g/mol. The van der Waals surface area contributed by atoms with Crippen molar-refractivity contribution in [3.8, 4) is 28.5 Å². The van der Waals surface area contributed by atoms with Crippen molar-refractivity contribution in [1.82, 2.24) is 4.98 Å². The van der Waals surface area contributed by atoms with Crippen LogP contribution in [0.3, 0.4) is 0 Å². The first-order chi connectivity index (χ1) is 13.5. The zero-order valence-corrected chi connectivity index (χ0v) is 18.2. The number of aromatic nitrogens is 1. The molecule has 6 nitrogen and oxygen atoms in total. The number of nitrogens with one attached hydrogen (secondary N) is 1. The van der Waals surface area contributed by atoms with Gasteiger partial charge in [-0.25, -0.2) is 4.98 Å². The summed E-state index contributed by atoms with van der Waals surface area (Å²) in [4.78, 5) is 18.4. The summed E-state index contributed by atoms with van der Waals surface area (Å²) in [6, 6.07) is 11.1. The molecule has 0 aliphatic rings. The highest BCUT2D eigenvalue weighted by Crippen LogP contribution is 2.36. The van der Waals surface area contributed by atoms with Crippen LogP contribution in [0, 0.1) is 6.92 Å². The number of anilines is 1. The minimum absolute atomic E-state index is 0.332. The first kappa shape index (κ1) is 20.2. The van der Waals surface area contributed by atoms with Crippen molar-refractivity contribution >= 4 is 38.3 Å². The Labute approximate surface area is 175 Å². The van der Waals surface area contributed by atoms with Crippen molar-refractivity contribution in [1.29, 1.82) is 0 Å². The van der Waals surface area contributed by atoms with Gasteiger partial charge in [-0.15, -0.1) is 11.3 Å². The Morgan fingerprint density at radius 3 is 2.21 bits per heavy atom. The number of hydrogen-bond acceptors (Lipinski definition) is 6. The average Bonchev–Trinajstić information content (AvgIpc) is 3.07. The first-order valence-electron chi connectivity index (χ1n) is 8.31. The number of amides is 1. The molecule has 0 saturated carbocycles. The second kappa shape index (κ2) is 8.62. The van der Waals surface area contributed by atoms with Crippen LogP contribution in [0.25, 0.3) is 11.3 Å². The summed E-state index contributed by atoms with van der Waals surface area (Å²) in [5.41, 5.74) is 2.16. The number of halogens is 1. The van der Waals surface area contributed by atoms with Gasteiger partial charge in [0.05, 0.1) is 32.6 Å². The van der Waals surface area contributed by atoms with E-state index >= 15 is 0 Å². The fourth-order valence-electron chi connectivity index (χ4n) is 2.70. The van der Waals surface area contributed by atoms with Gasteiger partial charge in [-0.1, -0.05) is 28.1 Å². The van der Waals surface area contributed by atoms with E-state index in [0.29, 0.717) is 27.9 Å². The molecule has 0 aliphatic carbocycles. The molecule has 0 unspecified atom stereocenters. The zero-order chi connectivity index (χ0) is 20.3. The minimum Gasteiger partial charge on any atom is -0.496 e. The summed E-state index contributed by atoms with van der Waals surface area (Å²) in [6.45, 7) is 1.97. The van der Waals surface area contributed by atoms with E-state index in [-0.39, 0.29) is 5.91 Å². The van der Waals surface area contributed by atoms with Crippen LogP contribution in [0.2, 0.25) is 0 Å². The maximum atomic E-state index is 12.8.